The van der Waals surface area contributed by atoms with Crippen molar-refractivity contribution < 1.29 is 4.79 Å². The highest BCUT2D eigenvalue weighted by molar-refractivity contribution is 6.37. The number of nitrogens with one attached hydrogen (secondary N) is 2. The minimum Gasteiger partial charge on any atom is -0.322 e. The van der Waals surface area contributed by atoms with Crippen molar-refractivity contribution in [2.45, 2.75) is 19.5 Å². The number of benzene rings is 2. The van der Waals surface area contributed by atoms with Crippen LogP contribution in [0.5, 0.6) is 0 Å². The van der Waals surface area contributed by atoms with Crippen LogP contribution in [0.25, 0.3) is 0 Å². The molecular weight excluding hydrogens is 393 g/mol. The molecule has 3 rings (SSSR count). The van der Waals surface area contributed by atoms with Crippen LogP contribution in [-0.2, 0) is 6.54 Å². The van der Waals surface area contributed by atoms with Gasteiger partial charge in [-0.1, -0.05) is 35.3 Å². The number of hydrogen-bond donors (Lipinski definition) is 2. The minimum absolute atomic E-state index is 0. The van der Waals surface area contributed by atoms with E-state index >= 15 is 0 Å². The highest BCUT2D eigenvalue weighted by atomic mass is 35.5. The van der Waals surface area contributed by atoms with E-state index in [4.69, 9.17) is 23.2 Å². The van der Waals surface area contributed by atoms with Crippen molar-refractivity contribution in [1.82, 2.24) is 10.2 Å². The summed E-state index contributed by atoms with van der Waals surface area (Å²) in [7, 11) is 0. The van der Waals surface area contributed by atoms with E-state index in [0.29, 0.717) is 21.7 Å². The van der Waals surface area contributed by atoms with Crippen molar-refractivity contribution in [1.29, 1.82) is 0 Å². The lowest BCUT2D eigenvalue weighted by atomic mass is 10.1. The molecule has 2 aromatic rings. The number of rotatable bonds is 4. The molecule has 0 bridgehead atoms. The second-order valence-corrected chi connectivity index (χ2v) is 7.21. The quantitative estimate of drug-likeness (QED) is 0.776. The zero-order valence-corrected chi connectivity index (χ0v) is 16.8. The smallest absolute Gasteiger partial charge is 0.257 e. The molecule has 1 aliphatic heterocycles. The van der Waals surface area contributed by atoms with Crippen molar-refractivity contribution in [2.75, 3.05) is 25.0 Å². The Balaban J connectivity index is 0.00000243. The van der Waals surface area contributed by atoms with Crippen LogP contribution in [0.3, 0.4) is 0 Å². The lowest BCUT2D eigenvalue weighted by molar-refractivity contribution is 0.102. The first-order chi connectivity index (χ1) is 12.0. The first-order valence-corrected chi connectivity index (χ1v) is 9.08. The Morgan fingerprint density at radius 1 is 1.27 bits per heavy atom. The molecule has 1 unspecified atom stereocenters. The third-order valence-corrected chi connectivity index (χ3v) is 4.77. The molecule has 1 saturated heterocycles. The molecule has 0 aliphatic carbocycles. The number of anilines is 1. The van der Waals surface area contributed by atoms with Gasteiger partial charge in [-0.05, 0) is 42.8 Å². The topological polar surface area (TPSA) is 44.4 Å². The van der Waals surface area contributed by atoms with Crippen molar-refractivity contribution in [3.05, 3.63) is 63.6 Å². The van der Waals surface area contributed by atoms with Crippen LogP contribution in [-0.4, -0.2) is 36.5 Å². The van der Waals surface area contributed by atoms with E-state index in [0.717, 1.165) is 31.9 Å². The number of amides is 1. The van der Waals surface area contributed by atoms with Gasteiger partial charge in [-0.25, -0.2) is 0 Å². The van der Waals surface area contributed by atoms with E-state index in [1.807, 2.05) is 18.2 Å². The molecule has 1 atom stereocenters. The van der Waals surface area contributed by atoms with Crippen LogP contribution in [0.15, 0.2) is 42.5 Å². The van der Waals surface area contributed by atoms with E-state index < -0.39 is 0 Å². The van der Waals surface area contributed by atoms with Crippen molar-refractivity contribution in [2.24, 2.45) is 0 Å². The molecule has 140 valence electrons. The highest BCUT2D eigenvalue weighted by Gasteiger charge is 2.16. The van der Waals surface area contributed by atoms with Gasteiger partial charge in [0.2, 0.25) is 0 Å². The lowest BCUT2D eigenvalue weighted by Gasteiger charge is -2.31. The van der Waals surface area contributed by atoms with E-state index in [-0.39, 0.29) is 18.3 Å². The number of carbonyl (C=O) groups is 1. The summed E-state index contributed by atoms with van der Waals surface area (Å²) < 4.78 is 0. The molecule has 1 fully saturated rings. The van der Waals surface area contributed by atoms with Crippen LogP contribution < -0.4 is 10.6 Å². The molecule has 2 aromatic carbocycles. The maximum Gasteiger partial charge on any atom is 0.257 e. The maximum atomic E-state index is 12.4. The summed E-state index contributed by atoms with van der Waals surface area (Å²) in [5.41, 5.74) is 2.35. The van der Waals surface area contributed by atoms with E-state index in [2.05, 4.69) is 28.5 Å². The van der Waals surface area contributed by atoms with Crippen LogP contribution in [0, 0.1) is 0 Å². The fraction of sp³-hybridized carbons (Fsp3) is 0.316. The van der Waals surface area contributed by atoms with E-state index in [9.17, 15) is 4.79 Å². The predicted octanol–water partition coefficient (Wildman–Crippen LogP) is 4.46. The Hall–Kier alpha value is -1.30. The number of halogens is 3. The molecule has 0 spiro atoms. The average Bonchev–Trinajstić information content (AvgIpc) is 2.55. The Kier molecular flexibility index (Phi) is 7.74. The summed E-state index contributed by atoms with van der Waals surface area (Å²) in [5, 5.41) is 7.20. The molecule has 0 aromatic heterocycles. The van der Waals surface area contributed by atoms with Crippen LogP contribution in [0.1, 0.15) is 22.8 Å². The Bertz CT molecular complexity index is 769. The Morgan fingerprint density at radius 2 is 2.08 bits per heavy atom. The molecule has 0 saturated carbocycles. The fourth-order valence-corrected chi connectivity index (χ4v) is 3.53. The van der Waals surface area contributed by atoms with Crippen molar-refractivity contribution >= 4 is 47.2 Å². The van der Waals surface area contributed by atoms with Gasteiger partial charge >= 0.3 is 0 Å². The Labute approximate surface area is 170 Å². The SMILES string of the molecule is CC1CN(Cc2cccc(NC(=O)c3ccc(Cl)cc3Cl)c2)CCN1.Cl. The first-order valence-electron chi connectivity index (χ1n) is 8.32. The molecule has 1 aliphatic rings. The van der Waals surface area contributed by atoms with Crippen LogP contribution >= 0.6 is 35.6 Å². The van der Waals surface area contributed by atoms with Gasteiger partial charge in [-0.2, -0.15) is 0 Å². The van der Waals surface area contributed by atoms with Crippen molar-refractivity contribution in [3.63, 3.8) is 0 Å². The van der Waals surface area contributed by atoms with Gasteiger partial charge in [0, 0.05) is 42.9 Å². The lowest BCUT2D eigenvalue weighted by Crippen LogP contribution is -2.48. The molecule has 4 nitrogen and oxygen atoms in total. The summed E-state index contributed by atoms with van der Waals surface area (Å²) in [4.78, 5) is 14.8. The number of nitrogens with zero attached hydrogens (tertiary/aromatic N) is 1. The second kappa shape index (κ2) is 9.58. The third-order valence-electron chi connectivity index (χ3n) is 4.22. The molecule has 0 radical (unpaired) electrons. The number of piperazine rings is 1. The molecule has 1 amide bonds. The Morgan fingerprint density at radius 3 is 2.81 bits per heavy atom. The molecule has 7 heteroatoms. The second-order valence-electron chi connectivity index (χ2n) is 6.37. The van der Waals surface area contributed by atoms with Crippen molar-refractivity contribution in [3.8, 4) is 0 Å². The van der Waals surface area contributed by atoms with Gasteiger partial charge < -0.3 is 10.6 Å². The summed E-state index contributed by atoms with van der Waals surface area (Å²) >= 11 is 12.0. The number of carbonyl (C=O) groups excluding carboxylic acids is 1. The zero-order valence-electron chi connectivity index (χ0n) is 14.5. The predicted molar refractivity (Wildman–Crippen MR) is 111 cm³/mol. The average molecular weight is 415 g/mol. The van der Waals surface area contributed by atoms with E-state index in [1.54, 1.807) is 18.2 Å². The standard InChI is InChI=1S/C19H21Cl2N3O.ClH/c1-13-11-24(8-7-22-13)12-14-3-2-4-16(9-14)23-19(25)17-6-5-15(20)10-18(17)21;/h2-6,9-10,13,22H,7-8,11-12H2,1H3,(H,23,25);1H. The van der Waals surface area contributed by atoms with Crippen LogP contribution in [0.4, 0.5) is 5.69 Å². The van der Waals surface area contributed by atoms with Gasteiger partial charge in [0.15, 0.2) is 0 Å². The summed E-state index contributed by atoms with van der Waals surface area (Å²) in [5.74, 6) is -0.241. The normalized spacial score (nSPS) is 17.4. The monoisotopic (exact) mass is 413 g/mol. The highest BCUT2D eigenvalue weighted by Crippen LogP contribution is 2.22. The molecule has 2 N–H and O–H groups in total. The molecular formula is C19H22Cl3N3O. The number of hydrogen-bond acceptors (Lipinski definition) is 3. The third kappa shape index (κ3) is 5.60. The fourth-order valence-electron chi connectivity index (χ4n) is 3.03. The first kappa shape index (κ1) is 21.0. The van der Waals surface area contributed by atoms with Gasteiger partial charge in [0.25, 0.3) is 5.91 Å². The van der Waals surface area contributed by atoms with Gasteiger partial charge in [-0.3, -0.25) is 9.69 Å². The zero-order chi connectivity index (χ0) is 17.8. The van der Waals surface area contributed by atoms with Gasteiger partial charge in [0.1, 0.15) is 0 Å². The van der Waals surface area contributed by atoms with E-state index in [1.165, 1.54) is 5.56 Å². The summed E-state index contributed by atoms with van der Waals surface area (Å²) in [6.45, 7) is 6.13. The molecule has 26 heavy (non-hydrogen) atoms. The summed E-state index contributed by atoms with van der Waals surface area (Å²) in [6, 6.07) is 13.3. The maximum absolute atomic E-state index is 12.4. The minimum atomic E-state index is -0.241. The van der Waals surface area contributed by atoms with Gasteiger partial charge in [-0.15, -0.1) is 12.4 Å². The van der Waals surface area contributed by atoms with Crippen LogP contribution in [0.2, 0.25) is 10.0 Å². The largest absolute Gasteiger partial charge is 0.322 e. The molecule has 1 heterocycles. The summed E-state index contributed by atoms with van der Waals surface area (Å²) in [6.07, 6.45) is 0. The van der Waals surface area contributed by atoms with Gasteiger partial charge in [0.05, 0.1) is 10.6 Å².